The molecule has 2 fully saturated rings. The second kappa shape index (κ2) is 3.52. The highest BCUT2D eigenvalue weighted by Gasteiger charge is 2.26. The fourth-order valence-electron chi connectivity index (χ4n) is 2.27. The molecule has 2 heterocycles. The molecule has 3 rings (SSSR count). The number of rotatable bonds is 3. The number of imidazole rings is 1. The summed E-state index contributed by atoms with van der Waals surface area (Å²) in [5.74, 6) is 1.07. The lowest BCUT2D eigenvalue weighted by Crippen LogP contribution is -2.18. The van der Waals surface area contributed by atoms with Gasteiger partial charge in [0.25, 0.3) is 0 Å². The van der Waals surface area contributed by atoms with E-state index in [-0.39, 0.29) is 0 Å². The molecule has 1 atom stereocenters. The molecule has 0 spiro atoms. The van der Waals surface area contributed by atoms with Gasteiger partial charge in [-0.25, -0.2) is 4.98 Å². The zero-order chi connectivity index (χ0) is 10.3. The number of anilines is 1. The average molecular weight is 206 g/mol. The maximum atomic E-state index is 4.40. The Kier molecular flexibility index (Phi) is 2.16. The largest absolute Gasteiger partial charge is 0.353 e. The smallest absolute Gasteiger partial charge is 0.203 e. The molecule has 0 bridgehead atoms. The summed E-state index contributed by atoms with van der Waals surface area (Å²) in [6.45, 7) is 2.35. The molecule has 1 saturated carbocycles. The van der Waals surface area contributed by atoms with E-state index < -0.39 is 0 Å². The van der Waals surface area contributed by atoms with Crippen molar-refractivity contribution in [1.82, 2.24) is 14.5 Å². The standard InChI is InChI=1S/C11H18N4/c1-14-6-4-10(8-14)15-7-5-12-11(15)13-9-2-3-9/h5,7,9-10H,2-4,6,8H2,1H3,(H,12,13). The van der Waals surface area contributed by atoms with E-state index in [9.17, 15) is 0 Å². The third-order valence-electron chi connectivity index (χ3n) is 3.34. The molecular formula is C11H18N4. The predicted molar refractivity (Wildman–Crippen MR) is 60.0 cm³/mol. The first-order valence-electron chi connectivity index (χ1n) is 5.81. The molecule has 1 unspecified atom stereocenters. The third kappa shape index (κ3) is 1.86. The summed E-state index contributed by atoms with van der Waals surface area (Å²) in [5, 5.41) is 3.49. The molecule has 2 aliphatic rings. The Hall–Kier alpha value is -1.03. The second-order valence-corrected chi connectivity index (χ2v) is 4.78. The van der Waals surface area contributed by atoms with Crippen LogP contribution in [-0.2, 0) is 0 Å². The van der Waals surface area contributed by atoms with Crippen LogP contribution in [0.1, 0.15) is 25.3 Å². The summed E-state index contributed by atoms with van der Waals surface area (Å²) in [6.07, 6.45) is 7.86. The van der Waals surface area contributed by atoms with Crippen molar-refractivity contribution >= 4 is 5.95 Å². The van der Waals surface area contributed by atoms with Crippen molar-refractivity contribution in [2.75, 3.05) is 25.5 Å². The van der Waals surface area contributed by atoms with E-state index >= 15 is 0 Å². The van der Waals surface area contributed by atoms with Gasteiger partial charge in [0.1, 0.15) is 0 Å². The van der Waals surface area contributed by atoms with E-state index in [4.69, 9.17) is 0 Å². The van der Waals surface area contributed by atoms with Crippen LogP contribution in [0.5, 0.6) is 0 Å². The molecule has 1 aliphatic heterocycles. The maximum absolute atomic E-state index is 4.40. The fraction of sp³-hybridized carbons (Fsp3) is 0.727. The van der Waals surface area contributed by atoms with Gasteiger partial charge < -0.3 is 14.8 Å². The average Bonchev–Trinajstić information content (AvgIpc) is 2.73. The highest BCUT2D eigenvalue weighted by molar-refractivity contribution is 5.30. The summed E-state index contributed by atoms with van der Waals surface area (Å²) in [4.78, 5) is 6.78. The monoisotopic (exact) mass is 206 g/mol. The Balaban J connectivity index is 1.75. The molecule has 1 aromatic heterocycles. The molecular weight excluding hydrogens is 188 g/mol. The lowest BCUT2D eigenvalue weighted by Gasteiger charge is -2.15. The van der Waals surface area contributed by atoms with E-state index in [1.54, 1.807) is 0 Å². The van der Waals surface area contributed by atoms with Crippen LogP contribution >= 0.6 is 0 Å². The van der Waals surface area contributed by atoms with E-state index in [1.165, 1.54) is 25.8 Å². The number of nitrogens with one attached hydrogen (secondary N) is 1. The predicted octanol–water partition coefficient (Wildman–Crippen LogP) is 1.33. The van der Waals surface area contributed by atoms with Gasteiger partial charge in [0, 0.05) is 25.0 Å². The molecule has 1 saturated heterocycles. The Labute approximate surface area is 90.3 Å². The first kappa shape index (κ1) is 9.21. The van der Waals surface area contributed by atoms with Gasteiger partial charge in [-0.1, -0.05) is 0 Å². The van der Waals surface area contributed by atoms with E-state index in [1.807, 2.05) is 6.20 Å². The molecule has 15 heavy (non-hydrogen) atoms. The molecule has 1 aromatic rings. The van der Waals surface area contributed by atoms with Crippen molar-refractivity contribution in [3.8, 4) is 0 Å². The Morgan fingerprint density at radius 3 is 2.93 bits per heavy atom. The molecule has 82 valence electrons. The molecule has 0 radical (unpaired) electrons. The van der Waals surface area contributed by atoms with Crippen LogP contribution in [0.15, 0.2) is 12.4 Å². The van der Waals surface area contributed by atoms with E-state index in [2.05, 4.69) is 33.0 Å². The Bertz CT molecular complexity index is 342. The van der Waals surface area contributed by atoms with Crippen molar-refractivity contribution in [2.24, 2.45) is 0 Å². The zero-order valence-corrected chi connectivity index (χ0v) is 9.19. The van der Waals surface area contributed by atoms with E-state index in [0.717, 1.165) is 12.5 Å². The highest BCUT2D eigenvalue weighted by atomic mass is 15.3. The molecule has 0 aromatic carbocycles. The van der Waals surface area contributed by atoms with Crippen LogP contribution in [0.3, 0.4) is 0 Å². The van der Waals surface area contributed by atoms with Crippen molar-refractivity contribution < 1.29 is 0 Å². The summed E-state index contributed by atoms with van der Waals surface area (Å²) in [6, 6.07) is 1.30. The van der Waals surface area contributed by atoms with Crippen LogP contribution in [0.2, 0.25) is 0 Å². The van der Waals surface area contributed by atoms with Crippen molar-refractivity contribution in [1.29, 1.82) is 0 Å². The second-order valence-electron chi connectivity index (χ2n) is 4.78. The van der Waals surface area contributed by atoms with Gasteiger partial charge in [-0.15, -0.1) is 0 Å². The highest BCUT2D eigenvalue weighted by Crippen LogP contribution is 2.27. The summed E-state index contributed by atoms with van der Waals surface area (Å²) >= 11 is 0. The molecule has 1 N–H and O–H groups in total. The Morgan fingerprint density at radius 1 is 1.40 bits per heavy atom. The number of nitrogens with zero attached hydrogens (tertiary/aromatic N) is 3. The molecule has 4 nitrogen and oxygen atoms in total. The van der Waals surface area contributed by atoms with Crippen LogP contribution < -0.4 is 5.32 Å². The Morgan fingerprint density at radius 2 is 2.27 bits per heavy atom. The molecule has 4 heteroatoms. The minimum atomic E-state index is 0.610. The van der Waals surface area contributed by atoms with Crippen LogP contribution in [-0.4, -0.2) is 40.6 Å². The van der Waals surface area contributed by atoms with Crippen molar-refractivity contribution in [3.05, 3.63) is 12.4 Å². The summed E-state index contributed by atoms with van der Waals surface area (Å²) < 4.78 is 2.31. The number of likely N-dealkylation sites (N-methyl/N-ethyl adjacent to an activating group) is 1. The van der Waals surface area contributed by atoms with Crippen molar-refractivity contribution in [2.45, 2.75) is 31.3 Å². The molecule has 1 aliphatic carbocycles. The van der Waals surface area contributed by atoms with E-state index in [0.29, 0.717) is 12.1 Å². The normalized spacial score (nSPS) is 27.1. The first-order valence-corrected chi connectivity index (χ1v) is 5.81. The van der Waals surface area contributed by atoms with Gasteiger partial charge in [0.2, 0.25) is 5.95 Å². The van der Waals surface area contributed by atoms with Crippen LogP contribution in [0.25, 0.3) is 0 Å². The maximum Gasteiger partial charge on any atom is 0.203 e. The lowest BCUT2D eigenvalue weighted by molar-refractivity contribution is 0.393. The topological polar surface area (TPSA) is 33.1 Å². The number of hydrogen-bond donors (Lipinski definition) is 1. The first-order chi connectivity index (χ1) is 7.33. The lowest BCUT2D eigenvalue weighted by atomic mass is 10.2. The van der Waals surface area contributed by atoms with Gasteiger partial charge in [-0.3, -0.25) is 0 Å². The quantitative estimate of drug-likeness (QED) is 0.810. The minimum absolute atomic E-state index is 0.610. The van der Waals surface area contributed by atoms with Gasteiger partial charge in [-0.2, -0.15) is 0 Å². The van der Waals surface area contributed by atoms with Gasteiger partial charge in [-0.05, 0) is 32.9 Å². The summed E-state index contributed by atoms with van der Waals surface area (Å²) in [5.41, 5.74) is 0. The third-order valence-corrected chi connectivity index (χ3v) is 3.34. The van der Waals surface area contributed by atoms with Crippen LogP contribution in [0.4, 0.5) is 5.95 Å². The minimum Gasteiger partial charge on any atom is -0.353 e. The molecule has 0 amide bonds. The SMILES string of the molecule is CN1CCC(n2ccnc2NC2CC2)C1. The van der Waals surface area contributed by atoms with Gasteiger partial charge in [0.05, 0.1) is 6.04 Å². The van der Waals surface area contributed by atoms with Gasteiger partial charge >= 0.3 is 0 Å². The van der Waals surface area contributed by atoms with Gasteiger partial charge in [0.15, 0.2) is 0 Å². The summed E-state index contributed by atoms with van der Waals surface area (Å²) in [7, 11) is 2.19. The van der Waals surface area contributed by atoms with Crippen molar-refractivity contribution in [3.63, 3.8) is 0 Å². The van der Waals surface area contributed by atoms with Crippen LogP contribution in [0, 0.1) is 0 Å². The number of hydrogen-bond acceptors (Lipinski definition) is 3. The number of likely N-dealkylation sites (tertiary alicyclic amines) is 1. The zero-order valence-electron chi connectivity index (χ0n) is 9.19. The fourth-order valence-corrected chi connectivity index (χ4v) is 2.27. The number of aromatic nitrogens is 2.